The largest absolute Gasteiger partial charge is 2.00 e. The van der Waals surface area contributed by atoms with E-state index in [0.29, 0.717) is 17.2 Å². The van der Waals surface area contributed by atoms with Crippen molar-refractivity contribution in [3.63, 3.8) is 0 Å². The molecule has 35 heavy (non-hydrogen) atoms. The maximum absolute atomic E-state index is 10.3. The number of benzene rings is 3. The van der Waals surface area contributed by atoms with Crippen molar-refractivity contribution >= 4 is 21.8 Å². The van der Waals surface area contributed by atoms with Crippen LogP contribution in [0.2, 0.25) is 0 Å². The summed E-state index contributed by atoms with van der Waals surface area (Å²) < 4.78 is 7.78. The number of fused-ring (bicyclic) bond motifs is 3. The standard InChI is InChI=1S/C28H17N3O3.Pt/c32-20-8-10-25-24(17-20)23-9-7-18(15-26(23)31(25)27-5-1-3-11-29-27)19-13-21(33)16-22(14-19)34-28-6-2-4-12-30-28;/h1-13,16-17,32-33H;/q-2;+2. The fourth-order valence-electron chi connectivity index (χ4n) is 4.06. The predicted molar refractivity (Wildman–Crippen MR) is 129 cm³/mol. The van der Waals surface area contributed by atoms with Crippen LogP contribution in [0, 0.1) is 12.1 Å². The average molecular weight is 639 g/mol. The van der Waals surface area contributed by atoms with Gasteiger partial charge in [0, 0.05) is 35.5 Å². The Balaban J connectivity index is 0.00000253. The summed E-state index contributed by atoms with van der Waals surface area (Å²) in [5, 5.41) is 22.3. The van der Waals surface area contributed by atoms with Crippen molar-refractivity contribution in [2.24, 2.45) is 0 Å². The van der Waals surface area contributed by atoms with Crippen molar-refractivity contribution < 1.29 is 36.0 Å². The third-order valence-corrected chi connectivity index (χ3v) is 5.51. The molecular formula is C28H17N3O3Pt. The summed E-state index contributed by atoms with van der Waals surface area (Å²) in [5.41, 5.74) is 3.03. The molecule has 0 aliphatic rings. The maximum Gasteiger partial charge on any atom is 2.00 e. The van der Waals surface area contributed by atoms with Crippen LogP contribution in [0.5, 0.6) is 23.1 Å². The number of pyridine rings is 2. The molecule has 0 spiro atoms. The quantitative estimate of drug-likeness (QED) is 0.230. The summed E-state index contributed by atoms with van der Waals surface area (Å²) in [6.45, 7) is 0. The van der Waals surface area contributed by atoms with E-state index in [-0.39, 0.29) is 32.6 Å². The Morgan fingerprint density at radius 3 is 2.31 bits per heavy atom. The molecule has 2 N–H and O–H groups in total. The van der Waals surface area contributed by atoms with E-state index < -0.39 is 0 Å². The first-order valence-corrected chi connectivity index (χ1v) is 10.6. The molecule has 0 saturated carbocycles. The fourth-order valence-corrected chi connectivity index (χ4v) is 4.06. The average Bonchev–Trinajstić information content (AvgIpc) is 3.17. The Morgan fingerprint density at radius 2 is 1.54 bits per heavy atom. The third kappa shape index (κ3) is 4.24. The van der Waals surface area contributed by atoms with E-state index in [9.17, 15) is 10.2 Å². The molecule has 0 unspecified atom stereocenters. The topological polar surface area (TPSA) is 80.4 Å². The Labute approximate surface area is 215 Å². The van der Waals surface area contributed by atoms with Gasteiger partial charge in [-0.2, -0.15) is 12.1 Å². The van der Waals surface area contributed by atoms with Crippen LogP contribution in [0.3, 0.4) is 0 Å². The van der Waals surface area contributed by atoms with Crippen LogP contribution in [0.4, 0.5) is 0 Å². The van der Waals surface area contributed by atoms with E-state index in [4.69, 9.17) is 4.74 Å². The molecule has 0 fully saturated rings. The van der Waals surface area contributed by atoms with E-state index in [0.717, 1.165) is 33.2 Å². The number of phenolic OH excluding ortho intramolecular Hbond substituents is 2. The zero-order chi connectivity index (χ0) is 23.1. The maximum atomic E-state index is 10.3. The number of ether oxygens (including phenoxy) is 1. The molecule has 0 aliphatic heterocycles. The molecule has 0 atom stereocenters. The first-order valence-electron chi connectivity index (χ1n) is 10.6. The second-order valence-corrected chi connectivity index (χ2v) is 7.75. The van der Waals surface area contributed by atoms with E-state index in [1.807, 2.05) is 47.0 Å². The Morgan fingerprint density at radius 1 is 0.714 bits per heavy atom. The van der Waals surface area contributed by atoms with Gasteiger partial charge in [0.15, 0.2) is 0 Å². The molecule has 6 aromatic rings. The summed E-state index contributed by atoms with van der Waals surface area (Å²) in [5.74, 6) is 1.72. The van der Waals surface area contributed by atoms with Gasteiger partial charge in [0.1, 0.15) is 11.6 Å². The number of aromatic nitrogens is 3. The van der Waals surface area contributed by atoms with Crippen LogP contribution in [-0.2, 0) is 21.1 Å². The third-order valence-electron chi connectivity index (χ3n) is 5.51. The van der Waals surface area contributed by atoms with Crippen molar-refractivity contribution in [3.05, 3.63) is 103 Å². The van der Waals surface area contributed by atoms with Crippen LogP contribution >= 0.6 is 0 Å². The summed E-state index contributed by atoms with van der Waals surface area (Å²) in [6, 6.07) is 30.0. The molecule has 7 heteroatoms. The number of hydrogen-bond acceptors (Lipinski definition) is 5. The molecule has 6 nitrogen and oxygen atoms in total. The number of nitrogens with zero attached hydrogens (tertiary/aromatic N) is 3. The van der Waals surface area contributed by atoms with Gasteiger partial charge < -0.3 is 19.5 Å². The smallest absolute Gasteiger partial charge is 0.528 e. The van der Waals surface area contributed by atoms with Gasteiger partial charge in [0.05, 0.1) is 0 Å². The van der Waals surface area contributed by atoms with Gasteiger partial charge in [-0.15, -0.1) is 18.2 Å². The summed E-state index contributed by atoms with van der Waals surface area (Å²) in [6.07, 6.45) is 3.37. The van der Waals surface area contributed by atoms with Gasteiger partial charge in [-0.25, -0.2) is 21.1 Å². The van der Waals surface area contributed by atoms with E-state index >= 15 is 0 Å². The fraction of sp³-hybridized carbons (Fsp3) is 0. The van der Waals surface area contributed by atoms with Crippen LogP contribution in [0.25, 0.3) is 38.8 Å². The van der Waals surface area contributed by atoms with Crippen LogP contribution in [-0.4, -0.2) is 24.7 Å². The molecule has 0 saturated heterocycles. The predicted octanol–water partition coefficient (Wildman–Crippen LogP) is 6.04. The van der Waals surface area contributed by atoms with Crippen molar-refractivity contribution in [1.82, 2.24) is 14.5 Å². The number of phenols is 2. The minimum absolute atomic E-state index is 0. The second-order valence-electron chi connectivity index (χ2n) is 7.75. The molecule has 3 aromatic carbocycles. The summed E-state index contributed by atoms with van der Waals surface area (Å²) in [7, 11) is 0. The monoisotopic (exact) mass is 638 g/mol. The first kappa shape index (κ1) is 22.6. The Hall–Kier alpha value is -4.15. The molecule has 172 valence electrons. The summed E-state index contributed by atoms with van der Waals surface area (Å²) in [4.78, 5) is 8.69. The summed E-state index contributed by atoms with van der Waals surface area (Å²) >= 11 is 0. The molecule has 0 amide bonds. The molecule has 3 aromatic heterocycles. The normalized spacial score (nSPS) is 10.9. The van der Waals surface area contributed by atoms with Crippen molar-refractivity contribution in [2.45, 2.75) is 0 Å². The molecule has 3 heterocycles. The first-order chi connectivity index (χ1) is 16.7. The number of rotatable bonds is 4. The minimum atomic E-state index is 0. The van der Waals surface area contributed by atoms with Crippen LogP contribution < -0.4 is 4.74 Å². The molecule has 0 bridgehead atoms. The van der Waals surface area contributed by atoms with Gasteiger partial charge in [0.2, 0.25) is 5.88 Å². The zero-order valence-electron chi connectivity index (χ0n) is 18.1. The number of hydrogen-bond donors (Lipinski definition) is 2. The van der Waals surface area contributed by atoms with Crippen molar-refractivity contribution in [3.8, 4) is 40.1 Å². The minimum Gasteiger partial charge on any atom is -0.528 e. The van der Waals surface area contributed by atoms with E-state index in [2.05, 4.69) is 22.1 Å². The van der Waals surface area contributed by atoms with Crippen molar-refractivity contribution in [2.75, 3.05) is 0 Å². The van der Waals surface area contributed by atoms with Crippen LogP contribution in [0.15, 0.2) is 91.3 Å². The van der Waals surface area contributed by atoms with Gasteiger partial charge in [-0.1, -0.05) is 23.6 Å². The van der Waals surface area contributed by atoms with Crippen molar-refractivity contribution in [1.29, 1.82) is 0 Å². The van der Waals surface area contributed by atoms with E-state index in [1.54, 1.807) is 42.7 Å². The van der Waals surface area contributed by atoms with Crippen LogP contribution in [0.1, 0.15) is 0 Å². The SMILES string of the molecule is Oc1cc(Oc2ccccn2)[c-]c(-c2[c-]c3c(cc2)c2cc(O)ccc2n3-c2ccccn2)c1.[Pt+2]. The molecule has 0 aliphatic carbocycles. The Kier molecular flexibility index (Phi) is 5.97. The van der Waals surface area contributed by atoms with Gasteiger partial charge in [0.25, 0.3) is 0 Å². The molecular weight excluding hydrogens is 621 g/mol. The van der Waals surface area contributed by atoms with Gasteiger partial charge in [-0.3, -0.25) is 0 Å². The Bertz CT molecular complexity index is 1650. The zero-order valence-corrected chi connectivity index (χ0v) is 20.4. The van der Waals surface area contributed by atoms with Gasteiger partial charge >= 0.3 is 21.1 Å². The van der Waals surface area contributed by atoms with Gasteiger partial charge in [-0.05, 0) is 47.3 Å². The second kappa shape index (κ2) is 9.24. The van der Waals surface area contributed by atoms with E-state index in [1.165, 1.54) is 6.07 Å². The molecule has 6 rings (SSSR count). The molecule has 0 radical (unpaired) electrons. The number of aromatic hydroxyl groups is 2.